The van der Waals surface area contributed by atoms with Crippen LogP contribution < -0.4 is 10.2 Å². The lowest BCUT2D eigenvalue weighted by Crippen LogP contribution is -2.58. The molecular formula is C22H21BrN6O4. The second-order valence-electron chi connectivity index (χ2n) is 8.12. The van der Waals surface area contributed by atoms with Gasteiger partial charge in [0.05, 0.1) is 27.8 Å². The summed E-state index contributed by atoms with van der Waals surface area (Å²) in [6.07, 6.45) is 3.61. The molecule has 0 spiro atoms. The van der Waals surface area contributed by atoms with Gasteiger partial charge in [-0.3, -0.25) is 29.6 Å². The number of rotatable bonds is 4. The van der Waals surface area contributed by atoms with Gasteiger partial charge in [-0.2, -0.15) is 5.01 Å². The first kappa shape index (κ1) is 21.5. The molecule has 5 amide bonds. The summed E-state index contributed by atoms with van der Waals surface area (Å²) in [5.74, 6) is -1.53. The SMILES string of the molecule is O=C1CCN(N2C(=O)c3ccc(CN4CCN(c5ccncc5Br)CC4)cc3C2=O)C(=O)N1. The molecule has 11 heteroatoms. The number of nitrogens with zero attached hydrogens (tertiary/aromatic N) is 5. The van der Waals surface area contributed by atoms with Crippen molar-refractivity contribution >= 4 is 45.4 Å². The minimum absolute atomic E-state index is 0.0130. The summed E-state index contributed by atoms with van der Waals surface area (Å²) in [4.78, 5) is 58.1. The molecule has 3 aliphatic heterocycles. The minimum Gasteiger partial charge on any atom is -0.368 e. The highest BCUT2D eigenvalue weighted by atomic mass is 79.9. The number of anilines is 1. The minimum atomic E-state index is -0.764. The average Bonchev–Trinajstić information content (AvgIpc) is 3.05. The van der Waals surface area contributed by atoms with Gasteiger partial charge in [0.15, 0.2) is 0 Å². The standard InChI is InChI=1S/C22H21BrN6O4/c23-17-12-24-5-3-18(17)27-9-7-26(8-10-27)13-14-1-2-15-16(11-14)21(32)29(20(15)31)28-6-4-19(30)25-22(28)33/h1-3,5,11-12H,4,6-10,13H2,(H,25,30,33). The van der Waals surface area contributed by atoms with Crippen LogP contribution in [0.1, 0.15) is 32.7 Å². The number of aromatic nitrogens is 1. The number of halogens is 1. The molecule has 3 aliphatic rings. The fourth-order valence-corrected chi connectivity index (χ4v) is 4.87. The molecule has 170 valence electrons. The van der Waals surface area contributed by atoms with Gasteiger partial charge in [-0.1, -0.05) is 6.07 Å². The smallest absolute Gasteiger partial charge is 0.343 e. The third kappa shape index (κ3) is 3.98. The molecule has 4 heterocycles. The molecule has 2 aromatic rings. The summed E-state index contributed by atoms with van der Waals surface area (Å²) in [5.41, 5.74) is 2.59. The highest BCUT2D eigenvalue weighted by molar-refractivity contribution is 9.10. The molecule has 0 saturated carbocycles. The number of carbonyl (C=O) groups is 4. The lowest BCUT2D eigenvalue weighted by molar-refractivity contribution is -0.122. The Hall–Kier alpha value is -3.31. The molecule has 10 nitrogen and oxygen atoms in total. The number of nitrogens with one attached hydrogen (secondary N) is 1. The van der Waals surface area contributed by atoms with E-state index in [1.807, 2.05) is 12.1 Å². The average molecular weight is 513 g/mol. The van der Waals surface area contributed by atoms with E-state index in [0.29, 0.717) is 6.54 Å². The van der Waals surface area contributed by atoms with E-state index in [4.69, 9.17) is 0 Å². The van der Waals surface area contributed by atoms with E-state index in [-0.39, 0.29) is 24.1 Å². The first-order chi connectivity index (χ1) is 15.9. The number of hydrazine groups is 1. The number of amides is 5. The zero-order valence-corrected chi connectivity index (χ0v) is 19.2. The molecule has 0 bridgehead atoms. The maximum absolute atomic E-state index is 13.0. The summed E-state index contributed by atoms with van der Waals surface area (Å²) >= 11 is 3.55. The van der Waals surface area contributed by atoms with Crippen molar-refractivity contribution in [1.29, 1.82) is 0 Å². The van der Waals surface area contributed by atoms with Crippen molar-refractivity contribution in [3.63, 3.8) is 0 Å². The van der Waals surface area contributed by atoms with Gasteiger partial charge < -0.3 is 4.90 Å². The number of hydrogen-bond donors (Lipinski definition) is 1. The highest BCUT2D eigenvalue weighted by Crippen LogP contribution is 2.28. The molecule has 0 radical (unpaired) electrons. The zero-order chi connectivity index (χ0) is 23.1. The number of urea groups is 1. The second-order valence-corrected chi connectivity index (χ2v) is 8.97. The number of pyridine rings is 1. The zero-order valence-electron chi connectivity index (χ0n) is 17.7. The molecule has 0 unspecified atom stereocenters. The molecule has 5 rings (SSSR count). The van der Waals surface area contributed by atoms with Gasteiger partial charge in [-0.25, -0.2) is 9.80 Å². The molecule has 33 heavy (non-hydrogen) atoms. The van der Waals surface area contributed by atoms with Crippen LogP contribution in [0.2, 0.25) is 0 Å². The van der Waals surface area contributed by atoms with Gasteiger partial charge in [0.1, 0.15) is 0 Å². The fourth-order valence-electron chi connectivity index (χ4n) is 4.37. The second kappa shape index (κ2) is 8.56. The lowest BCUT2D eigenvalue weighted by Gasteiger charge is -2.36. The van der Waals surface area contributed by atoms with E-state index in [1.54, 1.807) is 24.5 Å². The van der Waals surface area contributed by atoms with Crippen LogP contribution in [0.4, 0.5) is 10.5 Å². The Morgan fingerprint density at radius 1 is 0.939 bits per heavy atom. The number of carbonyl (C=O) groups excluding carboxylic acids is 4. The number of piperazine rings is 1. The fraction of sp³-hybridized carbons (Fsp3) is 0.318. The van der Waals surface area contributed by atoms with Gasteiger partial charge in [0.2, 0.25) is 5.91 Å². The van der Waals surface area contributed by atoms with Crippen LogP contribution in [-0.2, 0) is 11.3 Å². The van der Waals surface area contributed by atoms with Crippen molar-refractivity contribution < 1.29 is 19.2 Å². The normalized spacial score (nSPS) is 19.2. The van der Waals surface area contributed by atoms with Gasteiger partial charge in [0.25, 0.3) is 11.8 Å². The molecule has 1 aromatic heterocycles. The summed E-state index contributed by atoms with van der Waals surface area (Å²) < 4.78 is 0.969. The molecule has 2 fully saturated rings. The van der Waals surface area contributed by atoms with Crippen LogP contribution >= 0.6 is 15.9 Å². The number of benzene rings is 1. The predicted molar refractivity (Wildman–Crippen MR) is 121 cm³/mol. The first-order valence-electron chi connectivity index (χ1n) is 10.6. The topological polar surface area (TPSA) is 106 Å². The van der Waals surface area contributed by atoms with Crippen molar-refractivity contribution in [2.45, 2.75) is 13.0 Å². The van der Waals surface area contributed by atoms with Crippen molar-refractivity contribution in [1.82, 2.24) is 25.2 Å². The van der Waals surface area contributed by atoms with Crippen molar-refractivity contribution in [3.05, 3.63) is 57.8 Å². The van der Waals surface area contributed by atoms with Crippen molar-refractivity contribution in [2.75, 3.05) is 37.6 Å². The Morgan fingerprint density at radius 2 is 1.70 bits per heavy atom. The third-order valence-electron chi connectivity index (χ3n) is 6.07. The number of fused-ring (bicyclic) bond motifs is 1. The Morgan fingerprint density at radius 3 is 2.42 bits per heavy atom. The van der Waals surface area contributed by atoms with E-state index in [0.717, 1.165) is 51.9 Å². The van der Waals surface area contributed by atoms with E-state index < -0.39 is 23.8 Å². The molecule has 0 atom stereocenters. The number of hydrogen-bond acceptors (Lipinski definition) is 7. The largest absolute Gasteiger partial charge is 0.368 e. The van der Waals surface area contributed by atoms with E-state index in [1.165, 1.54) is 0 Å². The van der Waals surface area contributed by atoms with Crippen molar-refractivity contribution in [2.24, 2.45) is 0 Å². The van der Waals surface area contributed by atoms with Crippen LogP contribution in [0.25, 0.3) is 0 Å². The predicted octanol–water partition coefficient (Wildman–Crippen LogP) is 1.62. The molecule has 2 saturated heterocycles. The van der Waals surface area contributed by atoms with E-state index in [9.17, 15) is 19.2 Å². The quantitative estimate of drug-likeness (QED) is 0.620. The van der Waals surface area contributed by atoms with Gasteiger partial charge in [-0.15, -0.1) is 0 Å². The lowest BCUT2D eigenvalue weighted by atomic mass is 10.1. The van der Waals surface area contributed by atoms with Gasteiger partial charge in [-0.05, 0) is 39.7 Å². The van der Waals surface area contributed by atoms with Crippen LogP contribution in [-0.4, -0.2) is 76.4 Å². The monoisotopic (exact) mass is 512 g/mol. The summed E-state index contributed by atoms with van der Waals surface area (Å²) in [6.45, 7) is 4.07. The molecule has 0 aliphatic carbocycles. The Bertz CT molecular complexity index is 1160. The Kier molecular flexibility index (Phi) is 5.59. The van der Waals surface area contributed by atoms with Crippen LogP contribution in [0.3, 0.4) is 0 Å². The van der Waals surface area contributed by atoms with Crippen LogP contribution in [0.5, 0.6) is 0 Å². The number of imide groups is 2. The molecule has 1 aromatic carbocycles. The molecule has 1 N–H and O–H groups in total. The maximum atomic E-state index is 13.0. The van der Waals surface area contributed by atoms with Gasteiger partial charge >= 0.3 is 6.03 Å². The summed E-state index contributed by atoms with van der Waals surface area (Å²) in [5, 5.41) is 3.98. The maximum Gasteiger partial charge on any atom is 0.343 e. The summed E-state index contributed by atoms with van der Waals surface area (Å²) in [6, 6.07) is 6.45. The van der Waals surface area contributed by atoms with Gasteiger partial charge in [0, 0.05) is 51.5 Å². The van der Waals surface area contributed by atoms with Crippen LogP contribution in [0.15, 0.2) is 41.1 Å². The Labute approximate surface area is 198 Å². The van der Waals surface area contributed by atoms with E-state index in [2.05, 4.69) is 36.0 Å². The first-order valence-corrected chi connectivity index (χ1v) is 11.4. The Balaban J connectivity index is 1.26. The third-order valence-corrected chi connectivity index (χ3v) is 6.68. The van der Waals surface area contributed by atoms with Crippen molar-refractivity contribution in [3.8, 4) is 0 Å². The van der Waals surface area contributed by atoms with Crippen LogP contribution in [0, 0.1) is 0 Å². The van der Waals surface area contributed by atoms with E-state index >= 15 is 0 Å². The highest BCUT2D eigenvalue weighted by Gasteiger charge is 2.43. The summed E-state index contributed by atoms with van der Waals surface area (Å²) in [7, 11) is 0. The molecular weight excluding hydrogens is 492 g/mol.